The molecule has 5 nitrogen and oxygen atoms in total. The monoisotopic (exact) mass is 851 g/mol. The van der Waals surface area contributed by atoms with E-state index in [0.717, 1.165) is 72.5 Å². The summed E-state index contributed by atoms with van der Waals surface area (Å²) in [6, 6.07) is 84.0. The molecule has 0 atom stereocenters. The van der Waals surface area contributed by atoms with E-state index in [1.807, 2.05) is 0 Å². The number of aromatic nitrogens is 3. The Labute approximate surface area is 386 Å². The smallest absolute Gasteiger partial charge is 0.0998 e. The van der Waals surface area contributed by atoms with Crippen molar-refractivity contribution >= 4 is 65.4 Å². The quantitative estimate of drug-likeness (QED) is 0.167. The van der Waals surface area contributed by atoms with Crippen molar-refractivity contribution in [2.45, 2.75) is 0 Å². The van der Waals surface area contributed by atoms with Crippen LogP contribution in [-0.2, 0) is 0 Å². The van der Waals surface area contributed by atoms with Crippen LogP contribution in [0.4, 0.5) is 0 Å². The Morgan fingerprint density at radius 2 is 0.731 bits per heavy atom. The van der Waals surface area contributed by atoms with Crippen molar-refractivity contribution in [2.24, 2.45) is 0 Å². The molecule has 0 saturated carbocycles. The van der Waals surface area contributed by atoms with Gasteiger partial charge in [-0.05, 0) is 89.5 Å². The van der Waals surface area contributed by atoms with Crippen LogP contribution in [0.2, 0.25) is 0 Å². The number of hydrogen-bond donors (Lipinski definition) is 0. The first-order chi connectivity index (χ1) is 33.2. The highest BCUT2D eigenvalue weighted by molar-refractivity contribution is 6.17. The minimum absolute atomic E-state index is 0.515. The summed E-state index contributed by atoms with van der Waals surface area (Å²) in [5.74, 6) is 0. The number of para-hydroxylation sites is 6. The van der Waals surface area contributed by atoms with Gasteiger partial charge < -0.3 is 13.7 Å². The first-order valence-electron chi connectivity index (χ1n) is 22.5. The summed E-state index contributed by atoms with van der Waals surface area (Å²) in [5.41, 5.74) is 17.0. The molecule has 67 heavy (non-hydrogen) atoms. The minimum atomic E-state index is 0.515. The number of fused-ring (bicyclic) bond motifs is 9. The van der Waals surface area contributed by atoms with Crippen LogP contribution in [0.25, 0.3) is 116 Å². The van der Waals surface area contributed by atoms with Crippen LogP contribution in [0.5, 0.6) is 0 Å². The van der Waals surface area contributed by atoms with E-state index in [2.05, 4.69) is 232 Å². The SMILES string of the molecule is N#Cc1ccc(C#N)c(-c2ccc(-c3c(-c4ccccc4-n4c5ccccc5c5c(-n6c7ccccc7c7ccccc76)cccc54)cccc3-n3c4ccccc4c4ccccc43)cc2)c1. The predicted molar refractivity (Wildman–Crippen MR) is 275 cm³/mol. The summed E-state index contributed by atoms with van der Waals surface area (Å²) in [5, 5.41) is 27.1. The molecular weight excluding hydrogens is 815 g/mol. The molecule has 0 saturated heterocycles. The molecule has 0 amide bonds. The van der Waals surface area contributed by atoms with Gasteiger partial charge >= 0.3 is 0 Å². The molecule has 0 aliphatic heterocycles. The van der Waals surface area contributed by atoms with Crippen LogP contribution in [0.1, 0.15) is 11.1 Å². The molecule has 5 heteroatoms. The van der Waals surface area contributed by atoms with E-state index >= 15 is 0 Å². The third kappa shape index (κ3) is 5.73. The fraction of sp³-hybridized carbons (Fsp3) is 0. The van der Waals surface area contributed by atoms with Gasteiger partial charge in [0.15, 0.2) is 0 Å². The molecule has 13 aromatic rings. The van der Waals surface area contributed by atoms with Crippen LogP contribution in [0.15, 0.2) is 224 Å². The number of nitrogens with zero attached hydrogens (tertiary/aromatic N) is 5. The lowest BCUT2D eigenvalue weighted by atomic mass is 9.90. The summed E-state index contributed by atoms with van der Waals surface area (Å²) in [6.07, 6.45) is 0. The highest BCUT2D eigenvalue weighted by atomic mass is 15.0. The van der Waals surface area contributed by atoms with Crippen LogP contribution in [0.3, 0.4) is 0 Å². The molecule has 0 radical (unpaired) electrons. The zero-order valence-electron chi connectivity index (χ0n) is 36.1. The summed E-state index contributed by atoms with van der Waals surface area (Å²) in [6.45, 7) is 0. The molecule has 0 bridgehead atoms. The molecule has 10 aromatic carbocycles. The van der Waals surface area contributed by atoms with Gasteiger partial charge in [-0.3, -0.25) is 0 Å². The summed E-state index contributed by atoms with van der Waals surface area (Å²) in [7, 11) is 0. The number of hydrogen-bond acceptors (Lipinski definition) is 2. The Morgan fingerprint density at radius 3 is 1.33 bits per heavy atom. The Balaban J connectivity index is 1.09. The maximum Gasteiger partial charge on any atom is 0.0998 e. The molecule has 0 N–H and O–H groups in total. The third-order valence-corrected chi connectivity index (χ3v) is 13.5. The average molecular weight is 852 g/mol. The molecule has 0 unspecified atom stereocenters. The number of benzene rings is 10. The van der Waals surface area contributed by atoms with Crippen molar-refractivity contribution in [2.75, 3.05) is 0 Å². The maximum absolute atomic E-state index is 10.1. The van der Waals surface area contributed by atoms with Gasteiger partial charge in [0, 0.05) is 49.0 Å². The van der Waals surface area contributed by atoms with Crippen LogP contribution in [0, 0.1) is 22.7 Å². The predicted octanol–water partition coefficient (Wildman–Crippen LogP) is 15.7. The summed E-state index contributed by atoms with van der Waals surface area (Å²) >= 11 is 0. The van der Waals surface area contributed by atoms with E-state index in [1.54, 1.807) is 18.2 Å². The Morgan fingerprint density at radius 1 is 0.299 bits per heavy atom. The van der Waals surface area contributed by atoms with Crippen molar-refractivity contribution in [1.29, 1.82) is 10.5 Å². The van der Waals surface area contributed by atoms with E-state index in [1.165, 1.54) is 43.4 Å². The Hall–Kier alpha value is -9.42. The normalized spacial score (nSPS) is 11.6. The van der Waals surface area contributed by atoms with Gasteiger partial charge in [-0.25, -0.2) is 0 Å². The number of rotatable bonds is 6. The van der Waals surface area contributed by atoms with E-state index in [9.17, 15) is 10.5 Å². The molecular formula is C62H37N5. The first-order valence-corrected chi connectivity index (χ1v) is 22.5. The van der Waals surface area contributed by atoms with Crippen LogP contribution < -0.4 is 0 Å². The Bertz CT molecular complexity index is 4130. The molecule has 310 valence electrons. The minimum Gasteiger partial charge on any atom is -0.309 e. The van der Waals surface area contributed by atoms with E-state index in [-0.39, 0.29) is 0 Å². The van der Waals surface area contributed by atoms with Gasteiger partial charge in [0.05, 0.1) is 73.4 Å². The second kappa shape index (κ2) is 15.1. The van der Waals surface area contributed by atoms with Crippen molar-refractivity contribution in [1.82, 2.24) is 13.7 Å². The maximum atomic E-state index is 10.1. The molecule has 3 heterocycles. The largest absolute Gasteiger partial charge is 0.309 e. The first kappa shape index (κ1) is 38.1. The van der Waals surface area contributed by atoms with Gasteiger partial charge in [-0.1, -0.05) is 152 Å². The van der Waals surface area contributed by atoms with Crippen molar-refractivity contribution < 1.29 is 0 Å². The molecule has 0 aliphatic rings. The van der Waals surface area contributed by atoms with E-state index < -0.39 is 0 Å². The van der Waals surface area contributed by atoms with Gasteiger partial charge in [-0.15, -0.1) is 0 Å². The highest BCUT2D eigenvalue weighted by Crippen LogP contribution is 2.46. The fourth-order valence-corrected chi connectivity index (χ4v) is 10.7. The van der Waals surface area contributed by atoms with E-state index in [4.69, 9.17) is 0 Å². The molecule has 3 aromatic heterocycles. The van der Waals surface area contributed by atoms with Crippen molar-refractivity contribution in [3.8, 4) is 62.6 Å². The van der Waals surface area contributed by atoms with Crippen molar-refractivity contribution in [3.05, 3.63) is 236 Å². The standard InChI is InChI=1S/C62H37N5/c63-38-40-31-32-43(39-64)51(37-40)41-33-35-42(36-34-41)61-49(21-13-28-58(61)65-52-22-7-1-15-44(52)45-16-2-8-23-53(45)65)48-19-5-11-26-56(48)67-57-27-12-6-20-50(57)62-59(29-14-30-60(62)67)66-54-24-9-3-17-46(54)47-18-4-10-25-55(47)66/h1-37H. The van der Waals surface area contributed by atoms with Crippen LogP contribution >= 0.6 is 0 Å². The van der Waals surface area contributed by atoms with Crippen molar-refractivity contribution in [3.63, 3.8) is 0 Å². The third-order valence-electron chi connectivity index (χ3n) is 13.5. The molecule has 0 fully saturated rings. The van der Waals surface area contributed by atoms with Gasteiger partial charge in [0.1, 0.15) is 0 Å². The van der Waals surface area contributed by atoms with Crippen LogP contribution in [-0.4, -0.2) is 13.7 Å². The molecule has 0 aliphatic carbocycles. The Kier molecular flexibility index (Phi) is 8.58. The number of nitriles is 2. The lowest BCUT2D eigenvalue weighted by molar-refractivity contribution is 1.16. The van der Waals surface area contributed by atoms with Gasteiger partial charge in [0.25, 0.3) is 0 Å². The molecule has 13 rings (SSSR count). The lowest BCUT2D eigenvalue weighted by Gasteiger charge is -2.21. The van der Waals surface area contributed by atoms with Gasteiger partial charge in [-0.2, -0.15) is 10.5 Å². The second-order valence-electron chi connectivity index (χ2n) is 17.0. The van der Waals surface area contributed by atoms with Gasteiger partial charge in [0.2, 0.25) is 0 Å². The highest BCUT2D eigenvalue weighted by Gasteiger charge is 2.24. The van der Waals surface area contributed by atoms with E-state index in [0.29, 0.717) is 11.1 Å². The fourth-order valence-electron chi connectivity index (χ4n) is 10.7. The zero-order chi connectivity index (χ0) is 44.6. The summed E-state index contributed by atoms with van der Waals surface area (Å²) < 4.78 is 7.29. The second-order valence-corrected chi connectivity index (χ2v) is 17.0. The lowest BCUT2D eigenvalue weighted by Crippen LogP contribution is -2.02. The average Bonchev–Trinajstić information content (AvgIpc) is 4.04. The molecule has 0 spiro atoms. The topological polar surface area (TPSA) is 62.4 Å². The summed E-state index contributed by atoms with van der Waals surface area (Å²) in [4.78, 5) is 0. The zero-order valence-corrected chi connectivity index (χ0v) is 36.1.